The van der Waals surface area contributed by atoms with Crippen LogP contribution in [0.2, 0.25) is 5.02 Å². The summed E-state index contributed by atoms with van der Waals surface area (Å²) < 4.78 is 19.4. The summed E-state index contributed by atoms with van der Waals surface area (Å²) in [6.07, 6.45) is 4.28. The lowest BCUT2D eigenvalue weighted by molar-refractivity contribution is 0.0992. The van der Waals surface area contributed by atoms with Crippen molar-refractivity contribution in [1.29, 1.82) is 0 Å². The van der Waals surface area contributed by atoms with Crippen LogP contribution >= 0.6 is 11.6 Å². The van der Waals surface area contributed by atoms with E-state index in [1.54, 1.807) is 29.3 Å². The van der Waals surface area contributed by atoms with Crippen LogP contribution in [0.15, 0.2) is 47.8 Å². The zero-order valence-electron chi connectivity index (χ0n) is 18.0. The van der Waals surface area contributed by atoms with Gasteiger partial charge in [-0.25, -0.2) is 14.8 Å². The number of morpholine rings is 1. The van der Waals surface area contributed by atoms with E-state index in [1.807, 2.05) is 19.1 Å². The molecule has 1 fully saturated rings. The summed E-state index contributed by atoms with van der Waals surface area (Å²) in [4.78, 5) is 26.9. The molecule has 1 aliphatic heterocycles. The van der Waals surface area contributed by atoms with E-state index >= 15 is 0 Å². The van der Waals surface area contributed by atoms with Gasteiger partial charge < -0.3 is 9.64 Å². The van der Waals surface area contributed by atoms with Crippen molar-refractivity contribution in [2.45, 2.75) is 13.3 Å². The Labute approximate surface area is 195 Å². The second-order valence-electron chi connectivity index (χ2n) is 7.44. The van der Waals surface area contributed by atoms with Crippen molar-refractivity contribution >= 4 is 35.4 Å². The van der Waals surface area contributed by atoms with Crippen LogP contribution in [-0.2, 0) is 11.2 Å². The lowest BCUT2D eigenvalue weighted by Crippen LogP contribution is -2.37. The van der Waals surface area contributed by atoms with Gasteiger partial charge in [-0.3, -0.25) is 9.78 Å². The van der Waals surface area contributed by atoms with Crippen molar-refractivity contribution in [3.63, 3.8) is 0 Å². The van der Waals surface area contributed by atoms with Gasteiger partial charge in [-0.05, 0) is 36.2 Å². The molecule has 0 atom stereocenters. The number of anilines is 2. The number of ether oxygens (including phenoxy) is 1. The standard InChI is InChI=1S/C23H22ClFN6O2/c1-15-3-2-4-19(24)18(15)12-21(32)16-5-6-26-17(11-16)13-28-30-23-27-14-20(25)22(29-23)31-7-9-33-10-8-31/h2-6,11,13-14H,7-10,12H2,1H3,(H,27,29,30)/b28-13+. The fourth-order valence-electron chi connectivity index (χ4n) is 3.41. The molecule has 3 heterocycles. The van der Waals surface area contributed by atoms with Crippen molar-refractivity contribution in [3.8, 4) is 0 Å². The van der Waals surface area contributed by atoms with Crippen molar-refractivity contribution in [2.24, 2.45) is 5.10 Å². The summed E-state index contributed by atoms with van der Waals surface area (Å²) in [6.45, 7) is 4.05. The molecular formula is C23H22ClFN6O2. The molecule has 0 spiro atoms. The zero-order chi connectivity index (χ0) is 23.2. The van der Waals surface area contributed by atoms with E-state index in [-0.39, 0.29) is 24.0 Å². The van der Waals surface area contributed by atoms with Crippen LogP contribution in [-0.4, -0.2) is 53.3 Å². The molecule has 1 aliphatic rings. The highest BCUT2D eigenvalue weighted by Gasteiger charge is 2.18. The Morgan fingerprint density at radius 3 is 2.91 bits per heavy atom. The van der Waals surface area contributed by atoms with E-state index in [0.29, 0.717) is 42.6 Å². The maximum Gasteiger partial charge on any atom is 0.245 e. The number of ketones is 1. The number of pyridine rings is 1. The molecule has 1 aromatic carbocycles. The molecule has 1 N–H and O–H groups in total. The molecule has 10 heteroatoms. The highest BCUT2D eigenvalue weighted by atomic mass is 35.5. The molecular weight excluding hydrogens is 447 g/mol. The minimum absolute atomic E-state index is 0.0757. The third-order valence-corrected chi connectivity index (χ3v) is 5.55. The summed E-state index contributed by atoms with van der Waals surface area (Å²) in [7, 11) is 0. The number of hydrogen-bond donors (Lipinski definition) is 1. The van der Waals surface area contributed by atoms with Crippen LogP contribution < -0.4 is 10.3 Å². The molecule has 4 rings (SSSR count). The third kappa shape index (κ3) is 5.68. The molecule has 0 bridgehead atoms. The number of carbonyl (C=O) groups is 1. The van der Waals surface area contributed by atoms with Gasteiger partial charge in [0.15, 0.2) is 17.4 Å². The first kappa shape index (κ1) is 22.8. The van der Waals surface area contributed by atoms with Crippen molar-refractivity contribution in [3.05, 3.63) is 75.9 Å². The average molecular weight is 469 g/mol. The number of Topliss-reactive ketones (excluding diaryl/α,β-unsaturated/α-hetero) is 1. The predicted molar refractivity (Wildman–Crippen MR) is 125 cm³/mol. The van der Waals surface area contributed by atoms with Gasteiger partial charge in [-0.1, -0.05) is 23.7 Å². The maximum atomic E-state index is 14.1. The van der Waals surface area contributed by atoms with Gasteiger partial charge in [-0.15, -0.1) is 0 Å². The minimum atomic E-state index is -0.506. The number of aromatic nitrogens is 3. The van der Waals surface area contributed by atoms with Gasteiger partial charge in [0.1, 0.15) is 0 Å². The lowest BCUT2D eigenvalue weighted by Gasteiger charge is -2.27. The summed E-state index contributed by atoms with van der Waals surface area (Å²) >= 11 is 6.25. The number of nitrogens with one attached hydrogen (secondary N) is 1. The van der Waals surface area contributed by atoms with Gasteiger partial charge in [-0.2, -0.15) is 10.1 Å². The molecule has 2 aromatic heterocycles. The van der Waals surface area contributed by atoms with Crippen LogP contribution in [0.25, 0.3) is 0 Å². The molecule has 33 heavy (non-hydrogen) atoms. The number of rotatable bonds is 7. The molecule has 3 aromatic rings. The first-order valence-electron chi connectivity index (χ1n) is 10.4. The first-order chi connectivity index (χ1) is 16.0. The van der Waals surface area contributed by atoms with Crippen LogP contribution in [0, 0.1) is 12.7 Å². The van der Waals surface area contributed by atoms with Gasteiger partial charge >= 0.3 is 0 Å². The van der Waals surface area contributed by atoms with Gasteiger partial charge in [0.05, 0.1) is 31.3 Å². The van der Waals surface area contributed by atoms with Gasteiger partial charge in [0.2, 0.25) is 5.95 Å². The molecule has 0 saturated carbocycles. The molecule has 0 radical (unpaired) electrons. The Morgan fingerprint density at radius 1 is 1.30 bits per heavy atom. The summed E-state index contributed by atoms with van der Waals surface area (Å²) in [6, 6.07) is 8.85. The second-order valence-corrected chi connectivity index (χ2v) is 7.85. The highest BCUT2D eigenvalue weighted by molar-refractivity contribution is 6.31. The van der Waals surface area contributed by atoms with Gasteiger partial charge in [0.25, 0.3) is 0 Å². The summed E-state index contributed by atoms with van der Waals surface area (Å²) in [5.41, 5.74) is 5.43. The van der Waals surface area contributed by atoms with E-state index in [4.69, 9.17) is 16.3 Å². The SMILES string of the molecule is Cc1cccc(Cl)c1CC(=O)c1ccnc(/C=N/Nc2ncc(F)c(N3CCOCC3)n2)c1. The quantitative estimate of drug-likeness (QED) is 0.321. The maximum absolute atomic E-state index is 14.1. The molecule has 0 aliphatic carbocycles. The number of hydrazone groups is 1. The molecule has 0 unspecified atom stereocenters. The fraction of sp³-hybridized carbons (Fsp3) is 0.261. The Bertz CT molecular complexity index is 1160. The number of aryl methyl sites for hydroxylation is 1. The average Bonchev–Trinajstić information content (AvgIpc) is 2.83. The second kappa shape index (κ2) is 10.5. The van der Waals surface area contributed by atoms with Crippen LogP contribution in [0.5, 0.6) is 0 Å². The Morgan fingerprint density at radius 2 is 2.12 bits per heavy atom. The number of carbonyl (C=O) groups excluding carboxylic acids is 1. The monoisotopic (exact) mass is 468 g/mol. The minimum Gasteiger partial charge on any atom is -0.378 e. The summed E-state index contributed by atoms with van der Waals surface area (Å²) in [5.74, 6) is -0.233. The number of hydrogen-bond acceptors (Lipinski definition) is 8. The van der Waals surface area contributed by atoms with Gasteiger partial charge in [0, 0.05) is 36.3 Å². The topological polar surface area (TPSA) is 92.6 Å². The predicted octanol–water partition coefficient (Wildman–Crippen LogP) is 3.68. The van der Waals surface area contributed by atoms with Crippen molar-refractivity contribution in [1.82, 2.24) is 15.0 Å². The van der Waals surface area contributed by atoms with Crippen molar-refractivity contribution in [2.75, 3.05) is 36.6 Å². The number of nitrogens with zero attached hydrogens (tertiary/aromatic N) is 5. The Balaban J connectivity index is 1.43. The van der Waals surface area contributed by atoms with Crippen LogP contribution in [0.3, 0.4) is 0 Å². The van der Waals surface area contributed by atoms with Crippen molar-refractivity contribution < 1.29 is 13.9 Å². The number of benzene rings is 1. The van der Waals surface area contributed by atoms with E-state index in [9.17, 15) is 9.18 Å². The Kier molecular flexibility index (Phi) is 7.21. The van der Waals surface area contributed by atoms with Crippen LogP contribution in [0.4, 0.5) is 16.2 Å². The summed E-state index contributed by atoms with van der Waals surface area (Å²) in [5, 5.41) is 4.65. The van der Waals surface area contributed by atoms with E-state index in [2.05, 4.69) is 25.5 Å². The lowest BCUT2D eigenvalue weighted by atomic mass is 9.99. The smallest absolute Gasteiger partial charge is 0.245 e. The molecule has 170 valence electrons. The fourth-order valence-corrected chi connectivity index (χ4v) is 3.70. The third-order valence-electron chi connectivity index (χ3n) is 5.19. The molecule has 8 nitrogen and oxygen atoms in total. The largest absolute Gasteiger partial charge is 0.378 e. The van der Waals surface area contributed by atoms with E-state index in [1.165, 1.54) is 6.21 Å². The highest BCUT2D eigenvalue weighted by Crippen LogP contribution is 2.22. The Hall–Kier alpha value is -3.43. The number of halogens is 2. The zero-order valence-corrected chi connectivity index (χ0v) is 18.7. The first-order valence-corrected chi connectivity index (χ1v) is 10.8. The van der Waals surface area contributed by atoms with E-state index < -0.39 is 5.82 Å². The molecule has 0 amide bonds. The van der Waals surface area contributed by atoms with Crippen LogP contribution in [0.1, 0.15) is 27.2 Å². The van der Waals surface area contributed by atoms with E-state index in [0.717, 1.165) is 17.3 Å². The molecule has 1 saturated heterocycles. The normalized spacial score (nSPS) is 14.0.